The predicted molar refractivity (Wildman–Crippen MR) is 77.1 cm³/mol. The molecule has 0 aliphatic heterocycles. The zero-order valence-corrected chi connectivity index (χ0v) is 12.2. The van der Waals surface area contributed by atoms with Crippen LogP contribution in [0.3, 0.4) is 0 Å². The zero-order chi connectivity index (χ0) is 14.8. The van der Waals surface area contributed by atoms with Crippen LogP contribution in [0.2, 0.25) is 0 Å². The second-order valence-corrected chi connectivity index (χ2v) is 7.55. The molecule has 20 heavy (non-hydrogen) atoms. The van der Waals surface area contributed by atoms with Crippen LogP contribution in [0, 0.1) is 11.3 Å². The van der Waals surface area contributed by atoms with Crippen LogP contribution in [-0.2, 0) is 9.84 Å². The number of benzene rings is 1. The van der Waals surface area contributed by atoms with Crippen molar-refractivity contribution in [1.82, 2.24) is 0 Å². The molecule has 2 unspecified atom stereocenters. The first-order chi connectivity index (χ1) is 9.40. The van der Waals surface area contributed by atoms with Gasteiger partial charge in [0, 0.05) is 18.4 Å². The number of ether oxygens (including phenoxy) is 1. The van der Waals surface area contributed by atoms with Gasteiger partial charge in [-0.05, 0) is 37.5 Å². The summed E-state index contributed by atoms with van der Waals surface area (Å²) in [7, 11) is -3.04. The van der Waals surface area contributed by atoms with E-state index >= 15 is 0 Å². The van der Waals surface area contributed by atoms with E-state index < -0.39 is 9.84 Å². The molecule has 1 aromatic carbocycles. The first-order valence-electron chi connectivity index (χ1n) is 6.55. The molecule has 2 N–H and O–H groups in total. The molecule has 6 heteroatoms. The zero-order valence-electron chi connectivity index (χ0n) is 11.4. The van der Waals surface area contributed by atoms with Gasteiger partial charge in [0.1, 0.15) is 27.8 Å². The summed E-state index contributed by atoms with van der Waals surface area (Å²) >= 11 is 0. The molecule has 0 bridgehead atoms. The van der Waals surface area contributed by atoms with Crippen LogP contribution in [0.25, 0.3) is 0 Å². The number of nitrogen functional groups attached to an aromatic ring is 1. The molecule has 2 atom stereocenters. The number of anilines is 1. The maximum absolute atomic E-state index is 11.6. The van der Waals surface area contributed by atoms with Crippen molar-refractivity contribution in [1.29, 1.82) is 5.26 Å². The minimum absolute atomic E-state index is 0.167. The van der Waals surface area contributed by atoms with Crippen LogP contribution in [0.15, 0.2) is 18.2 Å². The Labute approximate surface area is 119 Å². The summed E-state index contributed by atoms with van der Waals surface area (Å²) in [5.41, 5.74) is 6.52. The lowest BCUT2D eigenvalue weighted by atomic mass is 9.97. The first kappa shape index (κ1) is 14.7. The van der Waals surface area contributed by atoms with Gasteiger partial charge in [0.15, 0.2) is 0 Å². The van der Waals surface area contributed by atoms with Crippen LogP contribution in [0.4, 0.5) is 5.69 Å². The fraction of sp³-hybridized carbons (Fsp3) is 0.500. The normalized spacial score (nSPS) is 23.0. The maximum Gasteiger partial charge on any atom is 0.150 e. The van der Waals surface area contributed by atoms with E-state index in [0.717, 1.165) is 12.8 Å². The van der Waals surface area contributed by atoms with Gasteiger partial charge in [-0.1, -0.05) is 0 Å². The number of hydrogen-bond donors (Lipinski definition) is 1. The third kappa shape index (κ3) is 3.42. The summed E-state index contributed by atoms with van der Waals surface area (Å²) in [6, 6.07) is 6.94. The van der Waals surface area contributed by atoms with Gasteiger partial charge in [-0.25, -0.2) is 8.42 Å². The van der Waals surface area contributed by atoms with Gasteiger partial charge in [0.25, 0.3) is 0 Å². The minimum atomic E-state index is -3.04. The van der Waals surface area contributed by atoms with Gasteiger partial charge in [-0.15, -0.1) is 0 Å². The fourth-order valence-electron chi connectivity index (χ4n) is 2.52. The summed E-state index contributed by atoms with van der Waals surface area (Å²) in [5.74, 6) is 0.473. The summed E-state index contributed by atoms with van der Waals surface area (Å²) in [5, 5.41) is 8.73. The van der Waals surface area contributed by atoms with Crippen molar-refractivity contribution in [3.63, 3.8) is 0 Å². The Hall–Kier alpha value is -1.74. The van der Waals surface area contributed by atoms with E-state index in [1.54, 1.807) is 18.2 Å². The average Bonchev–Trinajstić information content (AvgIpc) is 2.40. The van der Waals surface area contributed by atoms with Crippen LogP contribution in [-0.4, -0.2) is 26.0 Å². The number of rotatable bonds is 3. The molecular weight excluding hydrogens is 276 g/mol. The highest BCUT2D eigenvalue weighted by Crippen LogP contribution is 2.29. The molecule has 0 radical (unpaired) electrons. The Morgan fingerprint density at radius 3 is 2.80 bits per heavy atom. The quantitative estimate of drug-likeness (QED) is 0.859. The van der Waals surface area contributed by atoms with Crippen LogP contribution in [0.5, 0.6) is 5.75 Å². The first-order valence-corrected chi connectivity index (χ1v) is 8.50. The highest BCUT2D eigenvalue weighted by molar-refractivity contribution is 7.91. The molecular formula is C14H18N2O3S. The van der Waals surface area contributed by atoms with E-state index in [1.807, 2.05) is 6.07 Å². The molecule has 108 valence electrons. The lowest BCUT2D eigenvalue weighted by molar-refractivity contribution is 0.156. The van der Waals surface area contributed by atoms with E-state index in [9.17, 15) is 8.42 Å². The average molecular weight is 294 g/mol. The van der Waals surface area contributed by atoms with E-state index in [4.69, 9.17) is 15.7 Å². The standard InChI is InChI=1S/C14H18N2O3S/c1-20(17,18)13-4-2-3-12(8-13)19-14-6-5-11(16)7-10(14)9-15/h5-7,12-13H,2-4,8,16H2,1H3. The SMILES string of the molecule is CS(=O)(=O)C1CCCC(Oc2ccc(N)cc2C#N)C1. The molecule has 1 aliphatic rings. The van der Waals surface area contributed by atoms with Gasteiger partial charge in [0.05, 0.1) is 10.8 Å². The lowest BCUT2D eigenvalue weighted by Crippen LogP contribution is -2.33. The van der Waals surface area contributed by atoms with Crippen molar-refractivity contribution in [3.8, 4) is 11.8 Å². The molecule has 0 heterocycles. The van der Waals surface area contributed by atoms with E-state index in [-0.39, 0.29) is 11.4 Å². The monoisotopic (exact) mass is 294 g/mol. The number of sulfone groups is 1. The molecule has 5 nitrogen and oxygen atoms in total. The molecule has 0 saturated heterocycles. The summed E-state index contributed by atoms with van der Waals surface area (Å²) in [6.07, 6.45) is 3.89. The molecule has 0 spiro atoms. The van der Waals surface area contributed by atoms with Crippen molar-refractivity contribution in [2.75, 3.05) is 12.0 Å². The Kier molecular flexibility index (Phi) is 4.19. The van der Waals surface area contributed by atoms with Gasteiger partial charge < -0.3 is 10.5 Å². The van der Waals surface area contributed by atoms with Gasteiger partial charge in [0.2, 0.25) is 0 Å². The summed E-state index contributed by atoms with van der Waals surface area (Å²) in [6.45, 7) is 0. The maximum atomic E-state index is 11.6. The number of nitrogens with two attached hydrogens (primary N) is 1. The third-order valence-corrected chi connectivity index (χ3v) is 5.24. The Morgan fingerprint density at radius 2 is 2.15 bits per heavy atom. The molecule has 1 aromatic rings. The number of nitriles is 1. The molecule has 1 saturated carbocycles. The number of hydrogen-bond acceptors (Lipinski definition) is 5. The molecule has 0 amide bonds. The smallest absolute Gasteiger partial charge is 0.150 e. The minimum Gasteiger partial charge on any atom is -0.489 e. The predicted octanol–water partition coefficient (Wildman–Crippen LogP) is 1.88. The van der Waals surface area contributed by atoms with Crippen molar-refractivity contribution >= 4 is 15.5 Å². The van der Waals surface area contributed by atoms with Crippen LogP contribution >= 0.6 is 0 Å². The number of nitrogens with zero attached hydrogens (tertiary/aromatic N) is 1. The van der Waals surface area contributed by atoms with Crippen molar-refractivity contribution in [3.05, 3.63) is 23.8 Å². The lowest BCUT2D eigenvalue weighted by Gasteiger charge is -2.28. The summed E-state index contributed by atoms with van der Waals surface area (Å²) < 4.78 is 29.1. The van der Waals surface area contributed by atoms with Gasteiger partial charge >= 0.3 is 0 Å². The van der Waals surface area contributed by atoms with Crippen molar-refractivity contribution in [2.45, 2.75) is 37.0 Å². The fourth-order valence-corrected chi connectivity index (χ4v) is 3.67. The molecule has 2 rings (SSSR count). The largest absolute Gasteiger partial charge is 0.489 e. The van der Waals surface area contributed by atoms with Crippen molar-refractivity contribution in [2.24, 2.45) is 0 Å². The van der Waals surface area contributed by atoms with Crippen LogP contribution in [0.1, 0.15) is 31.2 Å². The second kappa shape index (κ2) is 5.71. The molecule has 1 fully saturated rings. The van der Waals surface area contributed by atoms with E-state index in [1.165, 1.54) is 6.26 Å². The topological polar surface area (TPSA) is 93.2 Å². The van der Waals surface area contributed by atoms with Gasteiger partial charge in [-0.3, -0.25) is 0 Å². The third-order valence-electron chi connectivity index (χ3n) is 3.60. The Morgan fingerprint density at radius 1 is 1.40 bits per heavy atom. The summed E-state index contributed by atoms with van der Waals surface area (Å²) in [4.78, 5) is 0. The highest BCUT2D eigenvalue weighted by Gasteiger charge is 2.30. The Bertz CT molecular complexity index is 634. The van der Waals surface area contributed by atoms with E-state index in [0.29, 0.717) is 29.8 Å². The molecule has 0 aromatic heterocycles. The molecule has 1 aliphatic carbocycles. The van der Waals surface area contributed by atoms with Crippen LogP contribution < -0.4 is 10.5 Å². The highest BCUT2D eigenvalue weighted by atomic mass is 32.2. The van der Waals surface area contributed by atoms with Gasteiger partial charge in [-0.2, -0.15) is 5.26 Å². The Balaban J connectivity index is 2.13. The second-order valence-electron chi connectivity index (χ2n) is 5.23. The van der Waals surface area contributed by atoms with Crippen molar-refractivity contribution < 1.29 is 13.2 Å². The van der Waals surface area contributed by atoms with E-state index in [2.05, 4.69) is 0 Å².